The van der Waals surface area contributed by atoms with Gasteiger partial charge < -0.3 is 22.1 Å². The third-order valence-electron chi connectivity index (χ3n) is 4.22. The minimum atomic E-state index is -0.573. The van der Waals surface area contributed by atoms with Crippen molar-refractivity contribution in [2.24, 2.45) is 11.1 Å². The van der Waals surface area contributed by atoms with Crippen molar-refractivity contribution in [3.63, 3.8) is 0 Å². The summed E-state index contributed by atoms with van der Waals surface area (Å²) in [6.07, 6.45) is 2.92. The summed E-state index contributed by atoms with van der Waals surface area (Å²) in [6.45, 7) is 4.16. The normalized spacial score (nSPS) is 23.9. The van der Waals surface area contributed by atoms with Gasteiger partial charge in [0.15, 0.2) is 0 Å². The van der Waals surface area contributed by atoms with E-state index >= 15 is 0 Å². The van der Waals surface area contributed by atoms with Crippen LogP contribution in [0.25, 0.3) is 0 Å². The maximum absolute atomic E-state index is 12.4. The Morgan fingerprint density at radius 3 is 2.85 bits per heavy atom. The average molecular weight is 270 g/mol. The largest absolute Gasteiger partial charge is 0.399 e. The number of amides is 1. The molecule has 5 heteroatoms. The van der Waals surface area contributed by atoms with E-state index in [1.165, 1.54) is 5.56 Å². The Balaban J connectivity index is 2.00. The van der Waals surface area contributed by atoms with Gasteiger partial charge in [-0.05, 0) is 42.3 Å². The van der Waals surface area contributed by atoms with Crippen molar-refractivity contribution in [3.8, 4) is 0 Å². The van der Waals surface area contributed by atoms with Crippen LogP contribution in [0.1, 0.15) is 11.1 Å². The molecule has 0 radical (unpaired) electrons. The molecule has 1 aromatic carbocycles. The highest BCUT2D eigenvalue weighted by Gasteiger charge is 2.51. The summed E-state index contributed by atoms with van der Waals surface area (Å²) in [6, 6.07) is 5.82. The van der Waals surface area contributed by atoms with Crippen LogP contribution in [0.2, 0.25) is 0 Å². The average Bonchev–Trinajstić information content (AvgIpc) is 2.87. The van der Waals surface area contributed by atoms with E-state index in [2.05, 4.69) is 17.2 Å². The fourth-order valence-electron chi connectivity index (χ4n) is 3.22. The summed E-state index contributed by atoms with van der Waals surface area (Å²) >= 11 is 0. The standard InChI is InChI=1S/C15H18N4O/c1-2-18-8-12-13(17)19-14(20)15(12)6-9-3-4-11(16)5-10(9)7-15/h2-5,18H,1,6-8,16-17H2,(H,19,20). The fourth-order valence-corrected chi connectivity index (χ4v) is 3.22. The number of anilines is 1. The zero-order valence-corrected chi connectivity index (χ0v) is 11.2. The third kappa shape index (κ3) is 1.66. The van der Waals surface area contributed by atoms with Gasteiger partial charge in [-0.25, -0.2) is 0 Å². The Hall–Kier alpha value is -2.43. The van der Waals surface area contributed by atoms with Crippen molar-refractivity contribution < 1.29 is 4.79 Å². The van der Waals surface area contributed by atoms with Crippen molar-refractivity contribution in [2.45, 2.75) is 12.8 Å². The molecule has 1 spiro atoms. The topological polar surface area (TPSA) is 93.2 Å². The van der Waals surface area contributed by atoms with Gasteiger partial charge in [0.2, 0.25) is 5.91 Å². The van der Waals surface area contributed by atoms with Crippen LogP contribution in [0.3, 0.4) is 0 Å². The first kappa shape index (κ1) is 12.6. The quantitative estimate of drug-likeness (QED) is 0.598. The van der Waals surface area contributed by atoms with E-state index in [0.29, 0.717) is 25.2 Å². The number of benzene rings is 1. The van der Waals surface area contributed by atoms with Gasteiger partial charge in [0.25, 0.3) is 0 Å². The van der Waals surface area contributed by atoms with Crippen molar-refractivity contribution in [1.29, 1.82) is 0 Å². The van der Waals surface area contributed by atoms with Gasteiger partial charge in [0, 0.05) is 17.8 Å². The molecule has 0 saturated carbocycles. The lowest BCUT2D eigenvalue weighted by Crippen LogP contribution is -2.37. The van der Waals surface area contributed by atoms with Crippen LogP contribution in [-0.2, 0) is 17.6 Å². The molecule has 5 nitrogen and oxygen atoms in total. The van der Waals surface area contributed by atoms with Gasteiger partial charge in [0.05, 0.1) is 5.41 Å². The number of rotatable bonds is 3. The monoisotopic (exact) mass is 270 g/mol. The summed E-state index contributed by atoms with van der Waals surface area (Å²) in [4.78, 5) is 12.4. The summed E-state index contributed by atoms with van der Waals surface area (Å²) in [5.74, 6) is 0.441. The molecular formula is C15H18N4O. The molecule has 1 heterocycles. The van der Waals surface area contributed by atoms with Gasteiger partial charge in [0.1, 0.15) is 5.82 Å². The van der Waals surface area contributed by atoms with Crippen molar-refractivity contribution in [1.82, 2.24) is 10.6 Å². The van der Waals surface area contributed by atoms with Crippen LogP contribution < -0.4 is 22.1 Å². The molecule has 1 aliphatic carbocycles. The molecule has 6 N–H and O–H groups in total. The molecular weight excluding hydrogens is 252 g/mol. The molecule has 1 amide bonds. The van der Waals surface area contributed by atoms with Gasteiger partial charge in [-0.15, -0.1) is 0 Å². The minimum Gasteiger partial charge on any atom is -0.399 e. The second-order valence-electron chi connectivity index (χ2n) is 5.40. The van der Waals surface area contributed by atoms with Crippen molar-refractivity contribution in [2.75, 3.05) is 12.3 Å². The Labute approximate surface area is 117 Å². The number of fused-ring (bicyclic) bond motifs is 1. The maximum Gasteiger partial charge on any atom is 0.236 e. The number of carbonyl (C=O) groups excluding carboxylic acids is 1. The Morgan fingerprint density at radius 2 is 2.10 bits per heavy atom. The van der Waals surface area contributed by atoms with E-state index < -0.39 is 5.41 Å². The zero-order valence-electron chi connectivity index (χ0n) is 11.2. The van der Waals surface area contributed by atoms with Gasteiger partial charge in [-0.1, -0.05) is 12.6 Å². The fraction of sp³-hybridized carbons (Fsp3) is 0.267. The second kappa shape index (κ2) is 4.30. The summed E-state index contributed by atoms with van der Waals surface area (Å²) in [5.41, 5.74) is 15.2. The highest BCUT2D eigenvalue weighted by atomic mass is 16.2. The summed E-state index contributed by atoms with van der Waals surface area (Å²) in [5, 5.41) is 5.81. The summed E-state index contributed by atoms with van der Waals surface area (Å²) in [7, 11) is 0. The van der Waals surface area contributed by atoms with Crippen LogP contribution in [0.4, 0.5) is 5.69 Å². The first-order valence-corrected chi connectivity index (χ1v) is 6.59. The lowest BCUT2D eigenvalue weighted by molar-refractivity contribution is -0.126. The van der Waals surface area contributed by atoms with E-state index in [-0.39, 0.29) is 5.91 Å². The molecule has 0 bridgehead atoms. The number of nitrogen functional groups attached to an aromatic ring is 1. The molecule has 0 saturated heterocycles. The van der Waals surface area contributed by atoms with E-state index in [4.69, 9.17) is 11.5 Å². The van der Waals surface area contributed by atoms with Gasteiger partial charge in [-0.3, -0.25) is 4.79 Å². The Kier molecular flexibility index (Phi) is 2.71. The highest BCUT2D eigenvalue weighted by Crippen LogP contribution is 2.46. The van der Waals surface area contributed by atoms with Crippen molar-refractivity contribution >= 4 is 11.6 Å². The first-order valence-electron chi connectivity index (χ1n) is 6.59. The van der Waals surface area contributed by atoms with Crippen LogP contribution in [0.5, 0.6) is 0 Å². The number of carbonyl (C=O) groups is 1. The smallest absolute Gasteiger partial charge is 0.236 e. The van der Waals surface area contributed by atoms with E-state index in [9.17, 15) is 4.79 Å². The lowest BCUT2D eigenvalue weighted by atomic mass is 9.78. The molecule has 1 aromatic rings. The molecule has 20 heavy (non-hydrogen) atoms. The number of nitrogens with one attached hydrogen (secondary N) is 2. The lowest BCUT2D eigenvalue weighted by Gasteiger charge is -2.24. The molecule has 1 aliphatic heterocycles. The molecule has 104 valence electrons. The predicted octanol–water partition coefficient (Wildman–Crippen LogP) is 0.387. The molecule has 1 unspecified atom stereocenters. The summed E-state index contributed by atoms with van der Waals surface area (Å²) < 4.78 is 0. The van der Waals surface area contributed by atoms with Crippen LogP contribution in [-0.4, -0.2) is 12.5 Å². The van der Waals surface area contributed by atoms with E-state index in [0.717, 1.165) is 16.8 Å². The number of hydrogen-bond acceptors (Lipinski definition) is 4. The van der Waals surface area contributed by atoms with Gasteiger partial charge in [-0.2, -0.15) is 0 Å². The molecule has 0 fully saturated rings. The van der Waals surface area contributed by atoms with Gasteiger partial charge >= 0.3 is 0 Å². The van der Waals surface area contributed by atoms with Crippen molar-refractivity contribution in [3.05, 3.63) is 53.5 Å². The maximum atomic E-state index is 12.4. The molecule has 1 atom stereocenters. The Morgan fingerprint density at radius 1 is 1.35 bits per heavy atom. The minimum absolute atomic E-state index is 0.0226. The number of nitrogens with two attached hydrogens (primary N) is 2. The highest BCUT2D eigenvalue weighted by molar-refractivity contribution is 5.92. The van der Waals surface area contributed by atoms with E-state index in [1.54, 1.807) is 6.20 Å². The van der Waals surface area contributed by atoms with Crippen LogP contribution in [0.15, 0.2) is 42.4 Å². The third-order valence-corrected chi connectivity index (χ3v) is 4.22. The SMILES string of the molecule is C=CNCC1=C(N)NC(=O)C12Cc1ccc(N)cc1C2. The molecule has 2 aliphatic rings. The van der Waals surface area contributed by atoms with Crippen LogP contribution >= 0.6 is 0 Å². The van der Waals surface area contributed by atoms with Crippen LogP contribution in [0, 0.1) is 5.41 Å². The first-order chi connectivity index (χ1) is 9.56. The molecule has 0 aromatic heterocycles. The number of hydrogen-bond donors (Lipinski definition) is 4. The Bertz CT molecular complexity index is 635. The predicted molar refractivity (Wildman–Crippen MR) is 78.3 cm³/mol. The van der Waals surface area contributed by atoms with E-state index in [1.807, 2.05) is 18.2 Å². The second-order valence-corrected chi connectivity index (χ2v) is 5.40. The zero-order chi connectivity index (χ0) is 14.3. The molecule has 3 rings (SSSR count).